The van der Waals surface area contributed by atoms with Crippen LogP contribution in [0.3, 0.4) is 0 Å². The van der Waals surface area contributed by atoms with Gasteiger partial charge >= 0.3 is 6.09 Å². The number of ether oxygens (including phenoxy) is 2. The van der Waals surface area contributed by atoms with Gasteiger partial charge in [-0.2, -0.15) is 0 Å². The minimum Gasteiger partial charge on any atom is -0.444 e. The van der Waals surface area contributed by atoms with Gasteiger partial charge in [-0.05, 0) is 45.4 Å². The number of carbonyl (C=O) groups excluding carboxylic acids is 1. The number of carbonyl (C=O) groups is 1. The Bertz CT molecular complexity index is 276. The van der Waals surface area contributed by atoms with E-state index in [-0.39, 0.29) is 6.09 Å². The van der Waals surface area contributed by atoms with E-state index in [1.807, 2.05) is 20.8 Å². The van der Waals surface area contributed by atoms with Crippen molar-refractivity contribution in [3.05, 3.63) is 0 Å². The van der Waals surface area contributed by atoms with E-state index in [9.17, 15) is 4.79 Å². The highest BCUT2D eigenvalue weighted by Crippen LogP contribution is 2.53. The smallest absolute Gasteiger partial charge is 0.407 e. The third kappa shape index (κ3) is 2.67. The van der Waals surface area contributed by atoms with E-state index in [1.54, 1.807) is 0 Å². The topological polar surface area (TPSA) is 47.6 Å². The van der Waals surface area contributed by atoms with Gasteiger partial charge in [-0.15, -0.1) is 0 Å². The monoisotopic (exact) mass is 227 g/mol. The molecule has 4 heteroatoms. The maximum atomic E-state index is 11.6. The molecular weight excluding hydrogens is 206 g/mol. The number of nitrogens with one attached hydrogen (secondary N) is 1. The second-order valence-corrected chi connectivity index (χ2v) is 5.88. The van der Waals surface area contributed by atoms with Gasteiger partial charge in [0, 0.05) is 19.3 Å². The maximum Gasteiger partial charge on any atom is 0.407 e. The lowest BCUT2D eigenvalue weighted by Gasteiger charge is -2.24. The van der Waals surface area contributed by atoms with Gasteiger partial charge in [-0.25, -0.2) is 4.79 Å². The SMILES string of the molecule is CC(C)(C)OC(=O)N[C@@H]1CC12CCOCC2. The highest BCUT2D eigenvalue weighted by molar-refractivity contribution is 5.68. The molecule has 0 aromatic rings. The van der Waals surface area contributed by atoms with E-state index in [2.05, 4.69) is 5.32 Å². The molecule has 1 amide bonds. The average molecular weight is 227 g/mol. The third-order valence-corrected chi connectivity index (χ3v) is 3.37. The highest BCUT2D eigenvalue weighted by Gasteiger charge is 2.55. The zero-order valence-corrected chi connectivity index (χ0v) is 10.3. The van der Waals surface area contributed by atoms with Gasteiger partial charge < -0.3 is 14.8 Å². The van der Waals surface area contributed by atoms with Crippen LogP contribution in [0.5, 0.6) is 0 Å². The van der Waals surface area contributed by atoms with Crippen molar-refractivity contribution < 1.29 is 14.3 Å². The van der Waals surface area contributed by atoms with E-state index >= 15 is 0 Å². The minimum absolute atomic E-state index is 0.291. The Kier molecular flexibility index (Phi) is 2.86. The van der Waals surface area contributed by atoms with Crippen LogP contribution in [-0.4, -0.2) is 30.9 Å². The first-order valence-electron chi connectivity index (χ1n) is 5.99. The zero-order chi connectivity index (χ0) is 11.8. The first-order valence-corrected chi connectivity index (χ1v) is 5.99. The quantitative estimate of drug-likeness (QED) is 0.746. The van der Waals surface area contributed by atoms with Crippen LogP contribution in [-0.2, 0) is 9.47 Å². The molecule has 1 spiro atoms. The molecule has 1 heterocycles. The summed E-state index contributed by atoms with van der Waals surface area (Å²) in [7, 11) is 0. The van der Waals surface area contributed by atoms with Crippen molar-refractivity contribution in [2.75, 3.05) is 13.2 Å². The fourth-order valence-electron chi connectivity index (χ4n) is 2.33. The van der Waals surface area contributed by atoms with Crippen LogP contribution >= 0.6 is 0 Å². The second kappa shape index (κ2) is 3.91. The first kappa shape index (κ1) is 11.7. The summed E-state index contributed by atoms with van der Waals surface area (Å²) in [5.74, 6) is 0. The third-order valence-electron chi connectivity index (χ3n) is 3.37. The average Bonchev–Trinajstić information content (AvgIpc) is 2.75. The molecule has 2 fully saturated rings. The van der Waals surface area contributed by atoms with E-state index in [0.717, 1.165) is 32.5 Å². The zero-order valence-electron chi connectivity index (χ0n) is 10.3. The number of rotatable bonds is 1. The number of hydrogen-bond donors (Lipinski definition) is 1. The largest absolute Gasteiger partial charge is 0.444 e. The molecule has 1 N–H and O–H groups in total. The van der Waals surface area contributed by atoms with Crippen molar-refractivity contribution in [1.29, 1.82) is 0 Å². The Morgan fingerprint density at radius 3 is 2.56 bits per heavy atom. The Balaban J connectivity index is 1.78. The van der Waals surface area contributed by atoms with Gasteiger partial charge in [-0.1, -0.05) is 0 Å². The van der Waals surface area contributed by atoms with Gasteiger partial charge in [0.15, 0.2) is 0 Å². The van der Waals surface area contributed by atoms with Crippen molar-refractivity contribution >= 4 is 6.09 Å². The number of hydrogen-bond acceptors (Lipinski definition) is 3. The lowest BCUT2D eigenvalue weighted by molar-refractivity contribution is 0.0427. The molecule has 1 aliphatic carbocycles. The molecule has 2 aliphatic rings. The van der Waals surface area contributed by atoms with E-state index in [4.69, 9.17) is 9.47 Å². The molecule has 0 aromatic carbocycles. The van der Waals surface area contributed by atoms with Crippen LogP contribution in [0.1, 0.15) is 40.0 Å². The summed E-state index contributed by atoms with van der Waals surface area (Å²) in [5.41, 5.74) is -0.100. The fourth-order valence-corrected chi connectivity index (χ4v) is 2.33. The summed E-state index contributed by atoms with van der Waals surface area (Å²) in [6.45, 7) is 7.29. The maximum absolute atomic E-state index is 11.6. The van der Waals surface area contributed by atoms with Crippen LogP contribution in [0, 0.1) is 5.41 Å². The molecule has 0 aromatic heterocycles. The summed E-state index contributed by atoms with van der Waals surface area (Å²) >= 11 is 0. The molecule has 1 atom stereocenters. The normalized spacial score (nSPS) is 27.6. The van der Waals surface area contributed by atoms with Gasteiger partial charge in [-0.3, -0.25) is 0 Å². The Morgan fingerprint density at radius 1 is 1.38 bits per heavy atom. The van der Waals surface area contributed by atoms with Crippen LogP contribution in [0.25, 0.3) is 0 Å². The summed E-state index contributed by atoms with van der Waals surface area (Å²) in [6, 6.07) is 0.297. The summed E-state index contributed by atoms with van der Waals surface area (Å²) in [5, 5.41) is 2.95. The summed E-state index contributed by atoms with van der Waals surface area (Å²) in [4.78, 5) is 11.6. The van der Waals surface area contributed by atoms with Crippen LogP contribution in [0.4, 0.5) is 4.79 Å². The van der Waals surface area contributed by atoms with Gasteiger partial charge in [0.1, 0.15) is 5.60 Å². The van der Waals surface area contributed by atoms with Crippen molar-refractivity contribution in [2.45, 2.75) is 51.7 Å². The molecule has 0 radical (unpaired) electrons. The second-order valence-electron chi connectivity index (χ2n) is 5.88. The van der Waals surface area contributed by atoms with Crippen molar-refractivity contribution in [3.63, 3.8) is 0 Å². The van der Waals surface area contributed by atoms with Crippen LogP contribution in [0.15, 0.2) is 0 Å². The Labute approximate surface area is 96.7 Å². The van der Waals surface area contributed by atoms with Crippen molar-refractivity contribution in [1.82, 2.24) is 5.32 Å². The van der Waals surface area contributed by atoms with Crippen LogP contribution in [0.2, 0.25) is 0 Å². The molecule has 1 aliphatic heterocycles. The molecule has 4 nitrogen and oxygen atoms in total. The molecular formula is C12H21NO3. The van der Waals surface area contributed by atoms with Gasteiger partial charge in [0.25, 0.3) is 0 Å². The molecule has 0 unspecified atom stereocenters. The summed E-state index contributed by atoms with van der Waals surface area (Å²) in [6.07, 6.45) is 2.91. The Hall–Kier alpha value is -0.770. The molecule has 1 saturated carbocycles. The van der Waals surface area contributed by atoms with Gasteiger partial charge in [0.05, 0.1) is 0 Å². The molecule has 92 valence electrons. The van der Waals surface area contributed by atoms with Crippen LogP contribution < -0.4 is 5.32 Å². The number of amides is 1. The first-order chi connectivity index (χ1) is 7.41. The van der Waals surface area contributed by atoms with Gasteiger partial charge in [0.2, 0.25) is 0 Å². The minimum atomic E-state index is -0.415. The van der Waals surface area contributed by atoms with Crippen molar-refractivity contribution in [3.8, 4) is 0 Å². The standard InChI is InChI=1S/C12H21NO3/c1-11(2,3)16-10(14)13-9-8-12(9)4-6-15-7-5-12/h9H,4-8H2,1-3H3,(H,13,14)/t9-/m1/s1. The van der Waals surface area contributed by atoms with E-state index in [1.165, 1.54) is 0 Å². The van der Waals surface area contributed by atoms with E-state index in [0.29, 0.717) is 11.5 Å². The predicted octanol–water partition coefficient (Wildman–Crippen LogP) is 2.08. The summed E-state index contributed by atoms with van der Waals surface area (Å²) < 4.78 is 10.6. The molecule has 1 saturated heterocycles. The Morgan fingerprint density at radius 2 is 2.00 bits per heavy atom. The fraction of sp³-hybridized carbons (Fsp3) is 0.917. The lowest BCUT2D eigenvalue weighted by atomic mass is 9.96. The highest BCUT2D eigenvalue weighted by atomic mass is 16.6. The predicted molar refractivity (Wildman–Crippen MR) is 60.3 cm³/mol. The lowest BCUT2D eigenvalue weighted by Crippen LogP contribution is -2.36. The molecule has 2 rings (SSSR count). The molecule has 16 heavy (non-hydrogen) atoms. The molecule has 0 bridgehead atoms. The van der Waals surface area contributed by atoms with E-state index < -0.39 is 5.60 Å². The number of alkyl carbamates (subject to hydrolysis) is 1. The van der Waals surface area contributed by atoms with Crippen molar-refractivity contribution in [2.24, 2.45) is 5.41 Å².